The Labute approximate surface area is 106 Å². The summed E-state index contributed by atoms with van der Waals surface area (Å²) in [5, 5.41) is 3.59. The Morgan fingerprint density at radius 1 is 1.38 bits per heavy atom. The highest BCUT2D eigenvalue weighted by molar-refractivity contribution is 9.10. The smallest absolute Gasteiger partial charge is 0.0505 e. The van der Waals surface area contributed by atoms with Gasteiger partial charge in [0, 0.05) is 24.1 Å². The summed E-state index contributed by atoms with van der Waals surface area (Å²) in [6, 6.07) is 6.66. The average Bonchev–Trinajstić information content (AvgIpc) is 2.66. The lowest BCUT2D eigenvalue weighted by Gasteiger charge is -2.26. The van der Waals surface area contributed by atoms with Crippen molar-refractivity contribution in [2.75, 3.05) is 25.5 Å². The van der Waals surface area contributed by atoms with Crippen molar-refractivity contribution in [3.05, 3.63) is 28.2 Å². The lowest BCUT2D eigenvalue weighted by atomic mass is 9.90. The Morgan fingerprint density at radius 3 is 2.62 bits per heavy atom. The Balaban J connectivity index is 2.34. The molecule has 1 fully saturated rings. The minimum absolute atomic E-state index is 0.160. The summed E-state index contributed by atoms with van der Waals surface area (Å²) in [7, 11) is 4.13. The van der Waals surface area contributed by atoms with Gasteiger partial charge in [-0.05, 0) is 59.9 Å². The molecule has 0 spiro atoms. The summed E-state index contributed by atoms with van der Waals surface area (Å²) >= 11 is 3.65. The summed E-state index contributed by atoms with van der Waals surface area (Å²) in [5.74, 6) is 0. The van der Waals surface area contributed by atoms with Gasteiger partial charge >= 0.3 is 0 Å². The molecular weight excluding hydrogens is 264 g/mol. The van der Waals surface area contributed by atoms with Crippen molar-refractivity contribution in [3.63, 3.8) is 0 Å². The summed E-state index contributed by atoms with van der Waals surface area (Å²) in [6.07, 6.45) is 2.49. The number of hydrogen-bond acceptors (Lipinski definition) is 2. The van der Waals surface area contributed by atoms with Crippen LogP contribution in [0, 0.1) is 0 Å². The second kappa shape index (κ2) is 4.38. The fraction of sp³-hybridized carbons (Fsp3) is 0.538. The molecule has 1 heterocycles. The maximum absolute atomic E-state index is 3.65. The monoisotopic (exact) mass is 282 g/mol. The SMILES string of the molecule is CN(C)c1ccc(C2(C)CCCN2)cc1Br. The van der Waals surface area contributed by atoms with E-state index >= 15 is 0 Å². The lowest BCUT2D eigenvalue weighted by molar-refractivity contribution is 0.434. The fourth-order valence-electron chi connectivity index (χ4n) is 2.35. The molecule has 0 saturated carbocycles. The molecule has 0 aliphatic carbocycles. The number of rotatable bonds is 2. The van der Waals surface area contributed by atoms with Gasteiger partial charge in [-0.15, -0.1) is 0 Å². The van der Waals surface area contributed by atoms with E-state index in [1.165, 1.54) is 28.6 Å². The molecule has 0 bridgehead atoms. The molecule has 1 aliphatic heterocycles. The van der Waals surface area contributed by atoms with Crippen LogP contribution in [0.1, 0.15) is 25.3 Å². The molecule has 1 unspecified atom stereocenters. The van der Waals surface area contributed by atoms with Crippen LogP contribution in [0.25, 0.3) is 0 Å². The van der Waals surface area contributed by atoms with Gasteiger partial charge in [0.25, 0.3) is 0 Å². The minimum Gasteiger partial charge on any atom is -0.377 e. The van der Waals surface area contributed by atoms with E-state index in [1.54, 1.807) is 0 Å². The molecule has 88 valence electrons. The first kappa shape index (κ1) is 11.9. The van der Waals surface area contributed by atoms with Gasteiger partial charge in [0.15, 0.2) is 0 Å². The maximum Gasteiger partial charge on any atom is 0.0505 e. The zero-order valence-electron chi connectivity index (χ0n) is 10.2. The summed E-state index contributed by atoms with van der Waals surface area (Å²) in [5.41, 5.74) is 2.76. The second-order valence-corrected chi connectivity index (χ2v) is 5.78. The van der Waals surface area contributed by atoms with Crippen LogP contribution in [0.4, 0.5) is 5.69 Å². The molecule has 1 aromatic carbocycles. The van der Waals surface area contributed by atoms with Crippen LogP contribution >= 0.6 is 15.9 Å². The van der Waals surface area contributed by atoms with Crippen LogP contribution < -0.4 is 10.2 Å². The molecule has 16 heavy (non-hydrogen) atoms. The predicted molar refractivity (Wildman–Crippen MR) is 73.1 cm³/mol. The molecule has 1 atom stereocenters. The Hall–Kier alpha value is -0.540. The van der Waals surface area contributed by atoms with Crippen molar-refractivity contribution in [3.8, 4) is 0 Å². The van der Waals surface area contributed by atoms with Crippen molar-refractivity contribution >= 4 is 21.6 Å². The molecule has 2 nitrogen and oxygen atoms in total. The van der Waals surface area contributed by atoms with Gasteiger partial charge < -0.3 is 10.2 Å². The number of nitrogens with one attached hydrogen (secondary N) is 1. The first-order chi connectivity index (χ1) is 7.53. The van der Waals surface area contributed by atoms with E-state index < -0.39 is 0 Å². The van der Waals surface area contributed by atoms with E-state index in [0.717, 1.165) is 6.54 Å². The van der Waals surface area contributed by atoms with Crippen LogP contribution in [0.5, 0.6) is 0 Å². The van der Waals surface area contributed by atoms with E-state index in [0.29, 0.717) is 0 Å². The maximum atomic E-state index is 3.65. The van der Waals surface area contributed by atoms with E-state index in [2.05, 4.69) is 65.4 Å². The highest BCUT2D eigenvalue weighted by Gasteiger charge is 2.30. The third-order valence-electron chi connectivity index (χ3n) is 3.44. The molecular formula is C13H19BrN2. The van der Waals surface area contributed by atoms with Crippen molar-refractivity contribution in [1.29, 1.82) is 0 Å². The van der Waals surface area contributed by atoms with E-state index in [-0.39, 0.29) is 5.54 Å². The van der Waals surface area contributed by atoms with Gasteiger partial charge in [-0.25, -0.2) is 0 Å². The molecule has 0 radical (unpaired) electrons. The van der Waals surface area contributed by atoms with Crippen LogP contribution in [0.15, 0.2) is 22.7 Å². The van der Waals surface area contributed by atoms with E-state index in [9.17, 15) is 0 Å². The van der Waals surface area contributed by atoms with Crippen molar-refractivity contribution in [1.82, 2.24) is 5.32 Å². The molecule has 1 aromatic rings. The summed E-state index contributed by atoms with van der Waals surface area (Å²) < 4.78 is 1.17. The quantitative estimate of drug-likeness (QED) is 0.897. The number of anilines is 1. The Bertz CT molecular complexity index is 382. The molecule has 1 aliphatic rings. The number of benzene rings is 1. The number of halogens is 1. The molecule has 3 heteroatoms. The number of nitrogens with zero attached hydrogens (tertiary/aromatic N) is 1. The van der Waals surface area contributed by atoms with Gasteiger partial charge in [0.1, 0.15) is 0 Å². The number of hydrogen-bond donors (Lipinski definition) is 1. The predicted octanol–water partition coefficient (Wildman–Crippen LogP) is 3.11. The topological polar surface area (TPSA) is 15.3 Å². The van der Waals surface area contributed by atoms with Crippen molar-refractivity contribution < 1.29 is 0 Å². The largest absolute Gasteiger partial charge is 0.377 e. The molecule has 1 N–H and O–H groups in total. The molecule has 2 rings (SSSR count). The zero-order chi connectivity index (χ0) is 11.8. The van der Waals surface area contributed by atoms with Gasteiger partial charge in [-0.3, -0.25) is 0 Å². The third-order valence-corrected chi connectivity index (χ3v) is 4.07. The van der Waals surface area contributed by atoms with Crippen LogP contribution in [0.2, 0.25) is 0 Å². The van der Waals surface area contributed by atoms with E-state index in [1.807, 2.05) is 0 Å². The molecule has 0 amide bonds. The van der Waals surface area contributed by atoms with Gasteiger partial charge in [-0.1, -0.05) is 6.07 Å². The lowest BCUT2D eigenvalue weighted by Crippen LogP contribution is -2.33. The third kappa shape index (κ3) is 2.11. The highest BCUT2D eigenvalue weighted by Crippen LogP contribution is 2.34. The van der Waals surface area contributed by atoms with Crippen LogP contribution in [0.3, 0.4) is 0 Å². The summed E-state index contributed by atoms with van der Waals surface area (Å²) in [4.78, 5) is 2.12. The highest BCUT2D eigenvalue weighted by atomic mass is 79.9. The van der Waals surface area contributed by atoms with Gasteiger partial charge in [0.2, 0.25) is 0 Å². The summed E-state index contributed by atoms with van der Waals surface area (Å²) in [6.45, 7) is 3.42. The first-order valence-electron chi connectivity index (χ1n) is 5.75. The first-order valence-corrected chi connectivity index (χ1v) is 6.55. The average molecular weight is 283 g/mol. The van der Waals surface area contributed by atoms with Crippen LogP contribution in [-0.4, -0.2) is 20.6 Å². The fourth-order valence-corrected chi connectivity index (χ4v) is 3.09. The van der Waals surface area contributed by atoms with Gasteiger partial charge in [-0.2, -0.15) is 0 Å². The Morgan fingerprint density at radius 2 is 2.12 bits per heavy atom. The van der Waals surface area contributed by atoms with Crippen molar-refractivity contribution in [2.24, 2.45) is 0 Å². The normalized spacial score (nSPS) is 24.8. The standard InChI is InChI=1S/C13H19BrN2/c1-13(7-4-8-15-13)10-5-6-12(16(2)3)11(14)9-10/h5-6,9,15H,4,7-8H2,1-3H3. The molecule has 1 saturated heterocycles. The van der Waals surface area contributed by atoms with E-state index in [4.69, 9.17) is 0 Å². The molecule has 0 aromatic heterocycles. The zero-order valence-corrected chi connectivity index (χ0v) is 11.8. The minimum atomic E-state index is 0.160. The van der Waals surface area contributed by atoms with Crippen molar-refractivity contribution in [2.45, 2.75) is 25.3 Å². The second-order valence-electron chi connectivity index (χ2n) is 4.92. The van der Waals surface area contributed by atoms with Gasteiger partial charge in [0.05, 0.1) is 5.69 Å². The van der Waals surface area contributed by atoms with Crippen LogP contribution in [-0.2, 0) is 5.54 Å². The Kier molecular flexibility index (Phi) is 3.27.